The smallest absolute Gasteiger partial charge is 0.335 e. The summed E-state index contributed by atoms with van der Waals surface area (Å²) in [6.45, 7) is 1.55. The normalized spacial score (nSPS) is 18.6. The van der Waals surface area contributed by atoms with Gasteiger partial charge in [-0.3, -0.25) is 14.5 Å². The van der Waals surface area contributed by atoms with Crippen molar-refractivity contribution in [1.29, 1.82) is 0 Å². The van der Waals surface area contributed by atoms with Crippen LogP contribution in [0.3, 0.4) is 0 Å². The number of carbonyl (C=O) groups excluding carboxylic acids is 2. The molecule has 37 heavy (non-hydrogen) atoms. The molecule has 5 rings (SSSR count). The zero-order chi connectivity index (χ0) is 26.3. The minimum absolute atomic E-state index is 0.0516. The largest absolute Gasteiger partial charge is 0.478 e. The standard InChI is InChI=1S/C24H22N6O7/c1-24(19(31)21(32)26-14-4-7-16-17(12-14)37-28-20(16)25)23(35)29(10-11-36-24)18-8-9-30(27-18)15-5-2-13(3-6-15)22(33)34/h2-9,12,19,31H,10-11H2,1H3,(H2,25,28)(H,26,32)(H,33,34)/t19-,24+/m0/s1. The van der Waals surface area contributed by atoms with Crippen molar-refractivity contribution in [1.82, 2.24) is 14.9 Å². The second-order valence-corrected chi connectivity index (χ2v) is 8.55. The lowest BCUT2D eigenvalue weighted by Crippen LogP contribution is -2.63. The molecule has 3 heterocycles. The average Bonchev–Trinajstić information content (AvgIpc) is 3.52. The van der Waals surface area contributed by atoms with Crippen LogP contribution in [0.25, 0.3) is 16.7 Å². The monoisotopic (exact) mass is 506 g/mol. The number of nitrogen functional groups attached to an aromatic ring is 1. The number of aromatic carboxylic acids is 1. The van der Waals surface area contributed by atoms with E-state index in [2.05, 4.69) is 15.6 Å². The number of aliphatic hydroxyl groups is 1. The third kappa shape index (κ3) is 4.26. The number of ether oxygens (including phenoxy) is 1. The van der Waals surface area contributed by atoms with Crippen LogP contribution in [0, 0.1) is 0 Å². The van der Waals surface area contributed by atoms with Crippen molar-refractivity contribution in [2.75, 3.05) is 29.1 Å². The summed E-state index contributed by atoms with van der Waals surface area (Å²) in [5.74, 6) is -2.05. The number of carboxylic acid groups (broad SMARTS) is 1. The zero-order valence-electron chi connectivity index (χ0n) is 19.5. The Morgan fingerprint density at radius 3 is 2.68 bits per heavy atom. The predicted octanol–water partition coefficient (Wildman–Crippen LogP) is 1.42. The summed E-state index contributed by atoms with van der Waals surface area (Å²) in [7, 11) is 0. The van der Waals surface area contributed by atoms with Crippen LogP contribution < -0.4 is 16.0 Å². The number of carbonyl (C=O) groups is 3. The van der Waals surface area contributed by atoms with E-state index in [-0.39, 0.29) is 30.4 Å². The number of anilines is 3. The highest BCUT2D eigenvalue weighted by Gasteiger charge is 2.51. The highest BCUT2D eigenvalue weighted by atomic mass is 16.5. The molecule has 0 aliphatic carbocycles. The molecular weight excluding hydrogens is 484 g/mol. The quantitative estimate of drug-likeness (QED) is 0.298. The second-order valence-electron chi connectivity index (χ2n) is 8.55. The molecule has 2 aromatic heterocycles. The van der Waals surface area contributed by atoms with Crippen LogP contribution in [-0.4, -0.2) is 67.8 Å². The van der Waals surface area contributed by atoms with Crippen molar-refractivity contribution < 1.29 is 33.9 Å². The van der Waals surface area contributed by atoms with Gasteiger partial charge in [0.25, 0.3) is 11.8 Å². The van der Waals surface area contributed by atoms with E-state index < -0.39 is 29.5 Å². The van der Waals surface area contributed by atoms with Crippen LogP contribution in [0.15, 0.2) is 59.3 Å². The number of benzene rings is 2. The predicted molar refractivity (Wildman–Crippen MR) is 130 cm³/mol. The molecular formula is C24H22N6O7. The number of hydrogen-bond donors (Lipinski definition) is 4. The molecule has 2 aromatic carbocycles. The summed E-state index contributed by atoms with van der Waals surface area (Å²) in [5.41, 5.74) is 5.20. The first-order chi connectivity index (χ1) is 17.7. The minimum Gasteiger partial charge on any atom is -0.478 e. The van der Waals surface area contributed by atoms with Crippen molar-refractivity contribution in [3.05, 3.63) is 60.3 Å². The molecule has 0 radical (unpaired) electrons. The molecule has 2 atom stereocenters. The van der Waals surface area contributed by atoms with E-state index in [1.807, 2.05) is 0 Å². The number of fused-ring (bicyclic) bond motifs is 1. The van der Waals surface area contributed by atoms with Gasteiger partial charge in [0.1, 0.15) is 0 Å². The molecule has 1 saturated heterocycles. The molecule has 5 N–H and O–H groups in total. The SMILES string of the molecule is C[C@]1([C@@H](O)C(=O)Nc2ccc3c(N)noc3c2)OCCN(c2ccn(-c3ccc(C(=O)O)cc3)n2)C1=O. The number of morpholine rings is 1. The Hall–Kier alpha value is -4.75. The average molecular weight is 506 g/mol. The highest BCUT2D eigenvalue weighted by molar-refractivity contribution is 6.06. The van der Waals surface area contributed by atoms with Gasteiger partial charge in [-0.05, 0) is 43.3 Å². The number of nitrogens with zero attached hydrogens (tertiary/aromatic N) is 4. The molecule has 0 bridgehead atoms. The number of hydrogen-bond acceptors (Lipinski definition) is 9. The molecule has 1 aliphatic rings. The molecule has 1 fully saturated rings. The summed E-state index contributed by atoms with van der Waals surface area (Å²) >= 11 is 0. The number of aliphatic hydroxyl groups excluding tert-OH is 1. The fourth-order valence-electron chi connectivity index (χ4n) is 4.05. The maximum Gasteiger partial charge on any atom is 0.335 e. The lowest BCUT2D eigenvalue weighted by atomic mass is 9.94. The first kappa shape index (κ1) is 24.0. The van der Waals surface area contributed by atoms with E-state index in [1.54, 1.807) is 36.5 Å². The van der Waals surface area contributed by atoms with Crippen molar-refractivity contribution in [3.8, 4) is 5.69 Å². The third-order valence-electron chi connectivity index (χ3n) is 6.15. The molecule has 13 heteroatoms. The molecule has 1 aliphatic heterocycles. The number of nitrogens with one attached hydrogen (secondary N) is 1. The van der Waals surface area contributed by atoms with Crippen LogP contribution in [0.5, 0.6) is 0 Å². The van der Waals surface area contributed by atoms with Crippen molar-refractivity contribution in [2.45, 2.75) is 18.6 Å². The third-order valence-corrected chi connectivity index (χ3v) is 6.15. The van der Waals surface area contributed by atoms with Gasteiger partial charge in [-0.15, -0.1) is 5.10 Å². The molecule has 0 saturated carbocycles. The van der Waals surface area contributed by atoms with Crippen LogP contribution in [-0.2, 0) is 14.3 Å². The van der Waals surface area contributed by atoms with E-state index in [9.17, 15) is 19.5 Å². The van der Waals surface area contributed by atoms with Gasteiger partial charge in [0.05, 0.1) is 29.8 Å². The van der Waals surface area contributed by atoms with Gasteiger partial charge in [-0.25, -0.2) is 9.48 Å². The number of nitrogens with two attached hydrogens (primary N) is 1. The Morgan fingerprint density at radius 2 is 1.95 bits per heavy atom. The summed E-state index contributed by atoms with van der Waals surface area (Å²) in [6.07, 6.45) is -0.232. The minimum atomic E-state index is -1.88. The molecule has 4 aromatic rings. The molecule has 190 valence electrons. The molecule has 0 spiro atoms. The van der Waals surface area contributed by atoms with Crippen LogP contribution in [0.2, 0.25) is 0 Å². The lowest BCUT2D eigenvalue weighted by molar-refractivity contribution is -0.170. The van der Waals surface area contributed by atoms with Gasteiger partial charge in [0.2, 0.25) is 0 Å². The fraction of sp³-hybridized carbons (Fsp3) is 0.208. The van der Waals surface area contributed by atoms with Gasteiger partial charge < -0.3 is 30.5 Å². The molecule has 13 nitrogen and oxygen atoms in total. The van der Waals surface area contributed by atoms with Gasteiger partial charge in [-0.1, -0.05) is 5.16 Å². The maximum atomic E-state index is 13.4. The second kappa shape index (κ2) is 9.04. The topological polar surface area (TPSA) is 186 Å². The van der Waals surface area contributed by atoms with Gasteiger partial charge >= 0.3 is 5.97 Å². The summed E-state index contributed by atoms with van der Waals surface area (Å²) in [6, 6.07) is 12.3. The molecule has 0 unspecified atom stereocenters. The van der Waals surface area contributed by atoms with E-state index in [0.717, 1.165) is 0 Å². The highest BCUT2D eigenvalue weighted by Crippen LogP contribution is 2.29. The first-order valence-corrected chi connectivity index (χ1v) is 11.2. The number of amides is 2. The number of carboxylic acids is 1. The van der Waals surface area contributed by atoms with E-state index >= 15 is 0 Å². The van der Waals surface area contributed by atoms with E-state index in [4.69, 9.17) is 20.1 Å². The Morgan fingerprint density at radius 1 is 1.19 bits per heavy atom. The molecule has 2 amide bonds. The van der Waals surface area contributed by atoms with Crippen molar-refractivity contribution >= 4 is 46.1 Å². The Balaban J connectivity index is 1.33. The zero-order valence-corrected chi connectivity index (χ0v) is 19.5. The van der Waals surface area contributed by atoms with Crippen molar-refractivity contribution in [3.63, 3.8) is 0 Å². The number of aromatic nitrogens is 3. The fourth-order valence-corrected chi connectivity index (χ4v) is 4.05. The van der Waals surface area contributed by atoms with E-state index in [0.29, 0.717) is 22.3 Å². The van der Waals surface area contributed by atoms with E-state index in [1.165, 1.54) is 34.7 Å². The lowest BCUT2D eigenvalue weighted by Gasteiger charge is -2.40. The number of rotatable bonds is 6. The Bertz CT molecular complexity index is 1510. The van der Waals surface area contributed by atoms with Crippen LogP contribution in [0.1, 0.15) is 17.3 Å². The van der Waals surface area contributed by atoms with Crippen molar-refractivity contribution in [2.24, 2.45) is 0 Å². The Kier molecular flexibility index (Phi) is 5.85. The first-order valence-electron chi connectivity index (χ1n) is 11.2. The Labute approximate surface area is 209 Å². The maximum absolute atomic E-state index is 13.4. The summed E-state index contributed by atoms with van der Waals surface area (Å²) in [5, 5.41) is 31.1. The summed E-state index contributed by atoms with van der Waals surface area (Å²) in [4.78, 5) is 38.7. The van der Waals surface area contributed by atoms with Crippen LogP contribution in [0.4, 0.5) is 17.3 Å². The van der Waals surface area contributed by atoms with Gasteiger partial charge in [-0.2, -0.15) is 0 Å². The van der Waals surface area contributed by atoms with Crippen LogP contribution >= 0.6 is 0 Å². The van der Waals surface area contributed by atoms with Gasteiger partial charge in [0.15, 0.2) is 28.9 Å². The van der Waals surface area contributed by atoms with Gasteiger partial charge in [0, 0.05) is 24.0 Å². The summed E-state index contributed by atoms with van der Waals surface area (Å²) < 4.78 is 12.2.